The second-order valence-electron chi connectivity index (χ2n) is 4.72. The van der Waals surface area contributed by atoms with E-state index in [1.807, 2.05) is 6.92 Å². The summed E-state index contributed by atoms with van der Waals surface area (Å²) < 4.78 is 0. The molecule has 0 bridgehead atoms. The number of hydrogen-bond donors (Lipinski definition) is 1. The summed E-state index contributed by atoms with van der Waals surface area (Å²) in [4.78, 5) is 2.57. The molecule has 0 spiro atoms. The van der Waals surface area contributed by atoms with Crippen LogP contribution in [-0.4, -0.2) is 37.1 Å². The van der Waals surface area contributed by atoms with Gasteiger partial charge in [-0.2, -0.15) is 0 Å². The molecule has 0 saturated carbocycles. The van der Waals surface area contributed by atoms with Crippen molar-refractivity contribution in [1.82, 2.24) is 10.2 Å². The molecule has 0 aromatic carbocycles. The highest BCUT2D eigenvalue weighted by Gasteiger charge is 2.23. The molecule has 0 aromatic rings. The molecule has 0 aromatic heterocycles. The zero-order valence-corrected chi connectivity index (χ0v) is 11.1. The fraction of sp³-hybridized carbons (Fsp3) is 0.857. The number of hydrogen-bond acceptors (Lipinski definition) is 2. The molecule has 1 N–H and O–H groups in total. The molecule has 0 amide bonds. The van der Waals surface area contributed by atoms with Gasteiger partial charge in [0, 0.05) is 25.6 Å². The molecular formula is C14H26N2. The van der Waals surface area contributed by atoms with Gasteiger partial charge in [-0.05, 0) is 45.7 Å². The summed E-state index contributed by atoms with van der Waals surface area (Å²) in [7, 11) is 0. The molecule has 1 rings (SSSR count). The van der Waals surface area contributed by atoms with E-state index in [0.717, 1.165) is 18.9 Å². The van der Waals surface area contributed by atoms with Gasteiger partial charge in [0.05, 0.1) is 0 Å². The second-order valence-corrected chi connectivity index (χ2v) is 4.72. The normalized spacial score (nSPS) is 23.6. The average Bonchev–Trinajstić information content (AvgIpc) is 2.34. The number of nitrogens with zero attached hydrogens (tertiary/aromatic N) is 1. The SMILES string of the molecule is CC#CCCNC(C)C1CCCN(CC)C1. The summed E-state index contributed by atoms with van der Waals surface area (Å²) in [5.41, 5.74) is 0. The number of likely N-dealkylation sites (tertiary alicyclic amines) is 1. The van der Waals surface area contributed by atoms with Crippen LogP contribution < -0.4 is 5.32 Å². The molecule has 2 heteroatoms. The molecule has 2 unspecified atom stereocenters. The highest BCUT2D eigenvalue weighted by molar-refractivity contribution is 4.95. The van der Waals surface area contributed by atoms with E-state index in [1.54, 1.807) is 0 Å². The molecular weight excluding hydrogens is 196 g/mol. The van der Waals surface area contributed by atoms with Crippen LogP contribution in [0, 0.1) is 17.8 Å². The smallest absolute Gasteiger partial charge is 0.0214 e. The van der Waals surface area contributed by atoms with Gasteiger partial charge in [0.2, 0.25) is 0 Å². The first-order valence-electron chi connectivity index (χ1n) is 6.63. The zero-order valence-electron chi connectivity index (χ0n) is 11.1. The Kier molecular flexibility index (Phi) is 6.52. The van der Waals surface area contributed by atoms with Crippen molar-refractivity contribution in [2.45, 2.75) is 46.1 Å². The minimum atomic E-state index is 0.632. The fourth-order valence-electron chi connectivity index (χ4n) is 2.44. The predicted octanol–water partition coefficient (Wildman–Crippen LogP) is 2.11. The van der Waals surface area contributed by atoms with Crippen LogP contribution in [0.4, 0.5) is 0 Å². The van der Waals surface area contributed by atoms with Crippen molar-refractivity contribution in [2.75, 3.05) is 26.2 Å². The summed E-state index contributed by atoms with van der Waals surface area (Å²) in [6, 6.07) is 0.632. The monoisotopic (exact) mass is 222 g/mol. The first-order valence-corrected chi connectivity index (χ1v) is 6.63. The Bertz CT molecular complexity index is 239. The van der Waals surface area contributed by atoms with Crippen LogP contribution >= 0.6 is 0 Å². The van der Waals surface area contributed by atoms with Crippen molar-refractivity contribution in [3.05, 3.63) is 0 Å². The second kappa shape index (κ2) is 7.70. The fourth-order valence-corrected chi connectivity index (χ4v) is 2.44. The number of rotatable bonds is 5. The van der Waals surface area contributed by atoms with Crippen LogP contribution in [-0.2, 0) is 0 Å². The number of nitrogens with one attached hydrogen (secondary N) is 1. The van der Waals surface area contributed by atoms with E-state index in [-0.39, 0.29) is 0 Å². The quantitative estimate of drug-likeness (QED) is 0.566. The van der Waals surface area contributed by atoms with Gasteiger partial charge in [-0.25, -0.2) is 0 Å². The van der Waals surface area contributed by atoms with Gasteiger partial charge < -0.3 is 10.2 Å². The standard InChI is InChI=1S/C14H26N2/c1-4-6-7-10-15-13(3)14-9-8-11-16(5-2)12-14/h13-15H,5,7-12H2,1-3H3. The number of piperidine rings is 1. The molecule has 1 heterocycles. The highest BCUT2D eigenvalue weighted by atomic mass is 15.1. The molecule has 1 aliphatic rings. The predicted molar refractivity (Wildman–Crippen MR) is 70.4 cm³/mol. The summed E-state index contributed by atoms with van der Waals surface area (Å²) >= 11 is 0. The summed E-state index contributed by atoms with van der Waals surface area (Å²) in [5.74, 6) is 6.86. The lowest BCUT2D eigenvalue weighted by atomic mass is 9.91. The lowest BCUT2D eigenvalue weighted by Crippen LogP contribution is -2.44. The largest absolute Gasteiger partial charge is 0.313 e. The third-order valence-electron chi connectivity index (χ3n) is 3.59. The third-order valence-corrected chi connectivity index (χ3v) is 3.59. The van der Waals surface area contributed by atoms with Gasteiger partial charge in [0.25, 0.3) is 0 Å². The Hall–Kier alpha value is -0.520. The Morgan fingerprint density at radius 3 is 3.00 bits per heavy atom. The van der Waals surface area contributed by atoms with Crippen molar-refractivity contribution in [2.24, 2.45) is 5.92 Å². The van der Waals surface area contributed by atoms with Crippen LogP contribution in [0.15, 0.2) is 0 Å². The van der Waals surface area contributed by atoms with Gasteiger partial charge in [0.1, 0.15) is 0 Å². The van der Waals surface area contributed by atoms with Gasteiger partial charge >= 0.3 is 0 Å². The summed E-state index contributed by atoms with van der Waals surface area (Å²) in [6.07, 6.45) is 3.72. The Balaban J connectivity index is 2.23. The van der Waals surface area contributed by atoms with E-state index >= 15 is 0 Å². The minimum Gasteiger partial charge on any atom is -0.313 e. The van der Waals surface area contributed by atoms with Crippen molar-refractivity contribution < 1.29 is 0 Å². The summed E-state index contributed by atoms with van der Waals surface area (Å²) in [6.45, 7) is 11.3. The molecule has 1 aliphatic heterocycles. The van der Waals surface area contributed by atoms with Gasteiger partial charge in [-0.15, -0.1) is 11.8 Å². The maximum absolute atomic E-state index is 3.60. The molecule has 0 radical (unpaired) electrons. The van der Waals surface area contributed by atoms with E-state index in [4.69, 9.17) is 0 Å². The molecule has 16 heavy (non-hydrogen) atoms. The van der Waals surface area contributed by atoms with Gasteiger partial charge in [0.15, 0.2) is 0 Å². The van der Waals surface area contributed by atoms with E-state index in [0.29, 0.717) is 6.04 Å². The lowest BCUT2D eigenvalue weighted by molar-refractivity contribution is 0.157. The van der Waals surface area contributed by atoms with Crippen molar-refractivity contribution in [3.63, 3.8) is 0 Å². The Morgan fingerprint density at radius 2 is 2.31 bits per heavy atom. The maximum atomic E-state index is 3.60. The van der Waals surface area contributed by atoms with E-state index < -0.39 is 0 Å². The van der Waals surface area contributed by atoms with E-state index in [2.05, 4.69) is 35.9 Å². The van der Waals surface area contributed by atoms with Crippen LogP contribution in [0.25, 0.3) is 0 Å². The third kappa shape index (κ3) is 4.55. The van der Waals surface area contributed by atoms with Crippen LogP contribution in [0.1, 0.15) is 40.0 Å². The van der Waals surface area contributed by atoms with Crippen molar-refractivity contribution >= 4 is 0 Å². The molecule has 1 saturated heterocycles. The molecule has 2 atom stereocenters. The van der Waals surface area contributed by atoms with Gasteiger partial charge in [-0.1, -0.05) is 6.92 Å². The molecule has 0 aliphatic carbocycles. The Morgan fingerprint density at radius 1 is 1.50 bits per heavy atom. The minimum absolute atomic E-state index is 0.632. The average molecular weight is 222 g/mol. The highest BCUT2D eigenvalue weighted by Crippen LogP contribution is 2.19. The Labute approximate surface area is 101 Å². The van der Waals surface area contributed by atoms with E-state index in [1.165, 1.54) is 32.5 Å². The zero-order chi connectivity index (χ0) is 11.8. The van der Waals surface area contributed by atoms with Crippen LogP contribution in [0.2, 0.25) is 0 Å². The first kappa shape index (κ1) is 13.5. The van der Waals surface area contributed by atoms with Gasteiger partial charge in [-0.3, -0.25) is 0 Å². The molecule has 2 nitrogen and oxygen atoms in total. The maximum Gasteiger partial charge on any atom is 0.0214 e. The topological polar surface area (TPSA) is 15.3 Å². The summed E-state index contributed by atoms with van der Waals surface area (Å²) in [5, 5.41) is 3.60. The lowest BCUT2D eigenvalue weighted by Gasteiger charge is -2.35. The van der Waals surface area contributed by atoms with E-state index in [9.17, 15) is 0 Å². The van der Waals surface area contributed by atoms with Crippen molar-refractivity contribution in [1.29, 1.82) is 0 Å². The molecule has 92 valence electrons. The van der Waals surface area contributed by atoms with Crippen molar-refractivity contribution in [3.8, 4) is 11.8 Å². The van der Waals surface area contributed by atoms with Crippen LogP contribution in [0.5, 0.6) is 0 Å². The molecule has 1 fully saturated rings. The van der Waals surface area contributed by atoms with Crippen LogP contribution in [0.3, 0.4) is 0 Å². The first-order chi connectivity index (χ1) is 7.77.